The minimum Gasteiger partial charge on any atom is -0.345 e. The monoisotopic (exact) mass is 305 g/mol. The Morgan fingerprint density at radius 2 is 2.14 bits per heavy atom. The van der Waals surface area contributed by atoms with Crippen LogP contribution < -0.4 is 5.32 Å². The highest BCUT2D eigenvalue weighted by Crippen LogP contribution is 2.46. The average molecular weight is 305 g/mol. The van der Waals surface area contributed by atoms with Crippen molar-refractivity contribution in [3.05, 3.63) is 53.6 Å². The van der Waals surface area contributed by atoms with E-state index in [0.29, 0.717) is 12.8 Å². The quantitative estimate of drug-likeness (QED) is 0.944. The van der Waals surface area contributed by atoms with E-state index in [1.165, 1.54) is 0 Å². The maximum atomic E-state index is 14.0. The predicted molar refractivity (Wildman–Crippen MR) is 77.1 cm³/mol. The first-order valence-electron chi connectivity index (χ1n) is 7.20. The van der Waals surface area contributed by atoms with Crippen molar-refractivity contribution in [2.24, 2.45) is 0 Å². The number of nitrogens with zero attached hydrogens (tertiary/aromatic N) is 2. The van der Waals surface area contributed by atoms with Crippen molar-refractivity contribution in [1.82, 2.24) is 14.9 Å². The molecule has 116 valence electrons. The van der Waals surface area contributed by atoms with Crippen LogP contribution in [0.1, 0.15) is 37.2 Å². The van der Waals surface area contributed by atoms with E-state index in [0.717, 1.165) is 24.0 Å². The molecule has 1 saturated carbocycles. The van der Waals surface area contributed by atoms with Gasteiger partial charge in [-0.1, -0.05) is 0 Å². The first kappa shape index (κ1) is 14.7. The second-order valence-corrected chi connectivity index (χ2v) is 5.75. The van der Waals surface area contributed by atoms with Crippen LogP contribution in [0.15, 0.2) is 30.6 Å². The summed E-state index contributed by atoms with van der Waals surface area (Å²) in [5.74, 6) is -0.507. The number of imidazole rings is 1. The molecule has 0 aliphatic heterocycles. The van der Waals surface area contributed by atoms with E-state index in [9.17, 15) is 13.6 Å². The number of carbonyl (C=O) groups excluding carboxylic acids is 1. The lowest BCUT2D eigenvalue weighted by molar-refractivity contribution is -0.125. The van der Waals surface area contributed by atoms with Crippen LogP contribution in [0.2, 0.25) is 0 Å². The van der Waals surface area contributed by atoms with Crippen LogP contribution in [0.25, 0.3) is 0 Å². The molecule has 3 rings (SSSR count). The molecule has 1 fully saturated rings. The molecule has 1 aliphatic rings. The number of aromatic nitrogens is 2. The van der Waals surface area contributed by atoms with Gasteiger partial charge in [-0.15, -0.1) is 0 Å². The number of hydrogen-bond donors (Lipinski definition) is 1. The third kappa shape index (κ3) is 2.49. The van der Waals surface area contributed by atoms with Gasteiger partial charge in [-0.05, 0) is 44.9 Å². The summed E-state index contributed by atoms with van der Waals surface area (Å²) in [6, 6.07) is 2.88. The third-order valence-electron chi connectivity index (χ3n) is 4.22. The lowest BCUT2D eigenvalue weighted by atomic mass is 10.0. The third-order valence-corrected chi connectivity index (χ3v) is 4.22. The van der Waals surface area contributed by atoms with Gasteiger partial charge in [0.2, 0.25) is 5.91 Å². The van der Waals surface area contributed by atoms with Gasteiger partial charge in [-0.3, -0.25) is 4.79 Å². The Hall–Kier alpha value is -2.24. The Balaban J connectivity index is 1.82. The van der Waals surface area contributed by atoms with Crippen LogP contribution in [0.5, 0.6) is 0 Å². The molecule has 0 spiro atoms. The Labute approximate surface area is 127 Å². The normalized spacial score (nSPS) is 17.1. The van der Waals surface area contributed by atoms with Crippen molar-refractivity contribution in [2.45, 2.75) is 38.3 Å². The number of amides is 1. The minimum absolute atomic E-state index is 0.218. The maximum Gasteiger partial charge on any atom is 0.243 e. The summed E-state index contributed by atoms with van der Waals surface area (Å²) in [7, 11) is 0. The highest BCUT2D eigenvalue weighted by Gasteiger charge is 2.48. The fourth-order valence-corrected chi connectivity index (χ4v) is 2.71. The van der Waals surface area contributed by atoms with Crippen molar-refractivity contribution in [1.29, 1.82) is 0 Å². The fourth-order valence-electron chi connectivity index (χ4n) is 2.71. The molecule has 1 N–H and O–H groups in total. The first-order valence-corrected chi connectivity index (χ1v) is 7.20. The van der Waals surface area contributed by atoms with E-state index in [4.69, 9.17) is 0 Å². The van der Waals surface area contributed by atoms with Gasteiger partial charge in [0.25, 0.3) is 0 Å². The molecule has 6 heteroatoms. The van der Waals surface area contributed by atoms with Crippen molar-refractivity contribution < 1.29 is 13.6 Å². The molecule has 4 nitrogen and oxygen atoms in total. The molecule has 1 heterocycles. The number of nitrogens with one attached hydrogen (secondary N) is 1. The molecule has 2 aromatic rings. The highest BCUT2D eigenvalue weighted by molar-refractivity contribution is 5.81. The van der Waals surface area contributed by atoms with Crippen molar-refractivity contribution in [2.75, 3.05) is 0 Å². The largest absolute Gasteiger partial charge is 0.345 e. The number of halogens is 2. The number of rotatable bonds is 4. The molecule has 0 bridgehead atoms. The SMILES string of the molecule is Cc1nccn1C(C)C(=O)NC1(c2cc(F)ccc2F)CC1. The van der Waals surface area contributed by atoms with E-state index in [1.807, 2.05) is 6.92 Å². The molecule has 1 amide bonds. The van der Waals surface area contributed by atoms with Crippen molar-refractivity contribution in [3.63, 3.8) is 0 Å². The molecular weight excluding hydrogens is 288 g/mol. The summed E-state index contributed by atoms with van der Waals surface area (Å²) in [6.07, 6.45) is 4.56. The number of aryl methyl sites for hydroxylation is 1. The van der Waals surface area contributed by atoms with E-state index in [1.54, 1.807) is 23.9 Å². The number of hydrogen-bond acceptors (Lipinski definition) is 2. The van der Waals surface area contributed by atoms with Crippen LogP contribution in [0.4, 0.5) is 8.78 Å². The van der Waals surface area contributed by atoms with Gasteiger partial charge in [-0.25, -0.2) is 13.8 Å². The number of benzene rings is 1. The van der Waals surface area contributed by atoms with Gasteiger partial charge >= 0.3 is 0 Å². The molecule has 1 aliphatic carbocycles. The van der Waals surface area contributed by atoms with Gasteiger partial charge in [0.05, 0.1) is 5.54 Å². The van der Waals surface area contributed by atoms with Crippen LogP contribution >= 0.6 is 0 Å². The number of carbonyl (C=O) groups is 1. The summed E-state index contributed by atoms with van der Waals surface area (Å²) in [6.45, 7) is 3.56. The molecule has 1 aromatic carbocycles. The summed E-state index contributed by atoms with van der Waals surface area (Å²) >= 11 is 0. The second-order valence-electron chi connectivity index (χ2n) is 5.75. The topological polar surface area (TPSA) is 46.9 Å². The Morgan fingerprint density at radius 3 is 2.73 bits per heavy atom. The maximum absolute atomic E-state index is 14.0. The lowest BCUT2D eigenvalue weighted by Gasteiger charge is -2.22. The van der Waals surface area contributed by atoms with Gasteiger partial charge < -0.3 is 9.88 Å². The summed E-state index contributed by atoms with van der Waals surface area (Å²) in [5.41, 5.74) is -0.568. The van der Waals surface area contributed by atoms with Crippen molar-refractivity contribution in [3.8, 4) is 0 Å². The molecule has 1 unspecified atom stereocenters. The Bertz CT molecular complexity index is 722. The minimum atomic E-state index is -0.786. The van der Waals surface area contributed by atoms with Crippen LogP contribution in [-0.4, -0.2) is 15.5 Å². The summed E-state index contributed by atoms with van der Waals surface area (Å²) < 4.78 is 29.1. The molecular formula is C16H17F2N3O. The molecule has 1 atom stereocenters. The van der Waals surface area contributed by atoms with Crippen LogP contribution in [0, 0.1) is 18.6 Å². The molecule has 22 heavy (non-hydrogen) atoms. The van der Waals surface area contributed by atoms with Gasteiger partial charge in [0.15, 0.2) is 0 Å². The Kier molecular flexibility index (Phi) is 3.47. The average Bonchev–Trinajstić information content (AvgIpc) is 3.13. The van der Waals surface area contributed by atoms with Crippen LogP contribution in [0.3, 0.4) is 0 Å². The van der Waals surface area contributed by atoms with E-state index >= 15 is 0 Å². The standard InChI is InChI=1S/C16H17F2N3O/c1-10(21-8-7-19-11(21)2)15(22)20-16(5-6-16)13-9-12(17)3-4-14(13)18/h3-4,7-10H,5-6H2,1-2H3,(H,20,22). The fraction of sp³-hybridized carbons (Fsp3) is 0.375. The van der Waals surface area contributed by atoms with E-state index in [2.05, 4.69) is 10.3 Å². The molecule has 1 aromatic heterocycles. The predicted octanol–water partition coefficient (Wildman–Crippen LogP) is 2.84. The highest BCUT2D eigenvalue weighted by atomic mass is 19.1. The van der Waals surface area contributed by atoms with Gasteiger partial charge in [0.1, 0.15) is 23.5 Å². The van der Waals surface area contributed by atoms with Crippen molar-refractivity contribution >= 4 is 5.91 Å². The first-order chi connectivity index (χ1) is 10.4. The molecule has 0 saturated heterocycles. The van der Waals surface area contributed by atoms with Gasteiger partial charge in [0, 0.05) is 18.0 Å². The zero-order valence-electron chi connectivity index (χ0n) is 12.4. The van der Waals surface area contributed by atoms with E-state index < -0.39 is 23.2 Å². The Morgan fingerprint density at radius 1 is 1.41 bits per heavy atom. The zero-order valence-corrected chi connectivity index (χ0v) is 12.4. The van der Waals surface area contributed by atoms with Gasteiger partial charge in [-0.2, -0.15) is 0 Å². The zero-order chi connectivity index (χ0) is 15.9. The molecule has 0 radical (unpaired) electrons. The summed E-state index contributed by atoms with van der Waals surface area (Å²) in [5, 5.41) is 2.87. The smallest absolute Gasteiger partial charge is 0.243 e. The summed E-state index contributed by atoms with van der Waals surface area (Å²) in [4.78, 5) is 16.5. The van der Waals surface area contributed by atoms with Crippen LogP contribution in [-0.2, 0) is 10.3 Å². The lowest BCUT2D eigenvalue weighted by Crippen LogP contribution is -2.39. The second kappa shape index (κ2) is 5.19. The van der Waals surface area contributed by atoms with E-state index in [-0.39, 0.29) is 11.5 Å².